The monoisotopic (exact) mass is 338 g/mol. The Labute approximate surface area is 134 Å². The van der Waals surface area contributed by atoms with Gasteiger partial charge in [0.05, 0.1) is 10.6 Å². The second-order valence-electron chi connectivity index (χ2n) is 4.91. The Morgan fingerprint density at radius 3 is 2.61 bits per heavy atom. The number of thioether (sulfide) groups is 1. The summed E-state index contributed by atoms with van der Waals surface area (Å²) >= 11 is 1.42. The van der Waals surface area contributed by atoms with Crippen LogP contribution in [-0.4, -0.2) is 15.7 Å². The van der Waals surface area contributed by atoms with Crippen molar-refractivity contribution in [3.63, 3.8) is 0 Å². The summed E-state index contributed by atoms with van der Waals surface area (Å²) in [6.45, 7) is 0. The molecule has 0 aliphatic rings. The average Bonchev–Trinajstić information content (AvgIpc) is 2.94. The van der Waals surface area contributed by atoms with Gasteiger partial charge in [-0.25, -0.2) is 9.97 Å². The maximum atomic E-state index is 12.4. The summed E-state index contributed by atoms with van der Waals surface area (Å²) in [7, 11) is 0. The molecule has 3 nitrogen and oxygen atoms in total. The maximum Gasteiger partial charge on any atom is 0.417 e. The van der Waals surface area contributed by atoms with E-state index in [1.165, 1.54) is 17.8 Å². The molecule has 23 heavy (non-hydrogen) atoms. The molecule has 3 aromatic rings. The molecule has 0 saturated heterocycles. The number of benzene rings is 1. The Balaban J connectivity index is 1.49. The van der Waals surface area contributed by atoms with Crippen molar-refractivity contribution >= 4 is 22.9 Å². The number of fused-ring (bicyclic) bond motifs is 1. The summed E-state index contributed by atoms with van der Waals surface area (Å²) in [5.74, 6) is 1.41. The van der Waals surface area contributed by atoms with E-state index < -0.39 is 11.7 Å². The van der Waals surface area contributed by atoms with E-state index in [2.05, 4.69) is 9.97 Å². The second kappa shape index (κ2) is 6.62. The predicted octanol–water partition coefficient (Wildman–Crippen LogP) is 4.97. The molecular formula is C16H13F3N2OS. The Hall–Kier alpha value is -2.02. The topological polar surface area (TPSA) is 38.9 Å². The molecule has 0 N–H and O–H groups in total. The minimum atomic E-state index is -4.34. The number of nitrogens with zero attached hydrogens (tertiary/aromatic N) is 2. The van der Waals surface area contributed by atoms with E-state index in [9.17, 15) is 13.2 Å². The smallest absolute Gasteiger partial charge is 0.417 e. The zero-order chi connectivity index (χ0) is 16.3. The van der Waals surface area contributed by atoms with Gasteiger partial charge in [0.25, 0.3) is 0 Å². The molecule has 0 spiro atoms. The first-order valence-electron chi connectivity index (χ1n) is 7.03. The van der Waals surface area contributed by atoms with Crippen LogP contribution in [0, 0.1) is 0 Å². The molecular weight excluding hydrogens is 325 g/mol. The van der Waals surface area contributed by atoms with Gasteiger partial charge in [-0.2, -0.15) is 13.2 Å². The van der Waals surface area contributed by atoms with Crippen molar-refractivity contribution in [3.05, 3.63) is 54.0 Å². The van der Waals surface area contributed by atoms with Crippen molar-refractivity contribution in [1.29, 1.82) is 0 Å². The number of aryl methyl sites for hydroxylation is 1. The lowest BCUT2D eigenvalue weighted by Crippen LogP contribution is -2.05. The largest absolute Gasteiger partial charge is 0.441 e. The van der Waals surface area contributed by atoms with Gasteiger partial charge in [0.15, 0.2) is 11.5 Å². The summed E-state index contributed by atoms with van der Waals surface area (Å²) in [6, 6.07) is 10.0. The van der Waals surface area contributed by atoms with E-state index >= 15 is 0 Å². The number of para-hydroxylation sites is 2. The molecule has 3 rings (SSSR count). The normalized spacial score (nSPS) is 12.0. The fourth-order valence-corrected chi connectivity index (χ4v) is 2.85. The molecule has 7 heteroatoms. The minimum absolute atomic E-state index is 0.579. The molecule has 120 valence electrons. The summed E-state index contributed by atoms with van der Waals surface area (Å²) in [5.41, 5.74) is 0.868. The zero-order valence-corrected chi connectivity index (χ0v) is 12.8. The lowest BCUT2D eigenvalue weighted by Gasteiger charge is -2.06. The predicted molar refractivity (Wildman–Crippen MR) is 82.3 cm³/mol. The number of halogens is 3. The van der Waals surface area contributed by atoms with Crippen LogP contribution in [-0.2, 0) is 12.6 Å². The highest BCUT2D eigenvalue weighted by molar-refractivity contribution is 7.99. The molecule has 0 aliphatic heterocycles. The van der Waals surface area contributed by atoms with E-state index in [4.69, 9.17) is 4.42 Å². The summed E-state index contributed by atoms with van der Waals surface area (Å²) in [5, 5.41) is 0.579. The Kier molecular flexibility index (Phi) is 4.56. The van der Waals surface area contributed by atoms with E-state index in [-0.39, 0.29) is 0 Å². The van der Waals surface area contributed by atoms with E-state index in [0.29, 0.717) is 17.3 Å². The maximum absolute atomic E-state index is 12.4. The van der Waals surface area contributed by atoms with Gasteiger partial charge in [-0.3, -0.25) is 0 Å². The van der Waals surface area contributed by atoms with Crippen LogP contribution >= 0.6 is 11.8 Å². The first kappa shape index (κ1) is 15.9. The van der Waals surface area contributed by atoms with Gasteiger partial charge in [0.1, 0.15) is 5.52 Å². The molecule has 2 aromatic heterocycles. The summed E-state index contributed by atoms with van der Waals surface area (Å²) in [6.07, 6.45) is -1.99. The molecule has 0 amide bonds. The van der Waals surface area contributed by atoms with Gasteiger partial charge in [0, 0.05) is 12.6 Å². The second-order valence-corrected chi connectivity index (χ2v) is 6.03. The van der Waals surface area contributed by atoms with Crippen molar-refractivity contribution in [2.45, 2.75) is 24.0 Å². The van der Waals surface area contributed by atoms with Crippen molar-refractivity contribution in [2.24, 2.45) is 0 Å². The van der Waals surface area contributed by atoms with Crippen LogP contribution in [0.15, 0.2) is 52.0 Å². The number of alkyl halides is 3. The highest BCUT2D eigenvalue weighted by atomic mass is 32.2. The fraction of sp³-hybridized carbons (Fsp3) is 0.250. The summed E-state index contributed by atoms with van der Waals surface area (Å²) in [4.78, 5) is 8.21. The first-order valence-corrected chi connectivity index (χ1v) is 8.01. The molecule has 0 radical (unpaired) electrons. The SMILES string of the molecule is FC(F)(F)c1ccc(SCCCc2nc3ccccc3o2)nc1. The lowest BCUT2D eigenvalue weighted by molar-refractivity contribution is -0.137. The molecule has 0 atom stereocenters. The molecule has 0 fully saturated rings. The Morgan fingerprint density at radius 1 is 1.09 bits per heavy atom. The van der Waals surface area contributed by atoms with Crippen molar-refractivity contribution in [1.82, 2.24) is 9.97 Å². The number of oxazole rings is 1. The third-order valence-electron chi connectivity index (χ3n) is 3.19. The van der Waals surface area contributed by atoms with Gasteiger partial charge in [-0.15, -0.1) is 11.8 Å². The van der Waals surface area contributed by atoms with Crippen LogP contribution in [0.4, 0.5) is 13.2 Å². The summed E-state index contributed by atoms with van der Waals surface area (Å²) < 4.78 is 42.9. The van der Waals surface area contributed by atoms with Crippen LogP contribution in [0.2, 0.25) is 0 Å². The molecule has 0 unspecified atom stereocenters. The number of pyridine rings is 1. The van der Waals surface area contributed by atoms with Gasteiger partial charge < -0.3 is 4.42 Å². The first-order chi connectivity index (χ1) is 11.0. The molecule has 1 aromatic carbocycles. The van der Waals surface area contributed by atoms with Gasteiger partial charge >= 0.3 is 6.18 Å². The van der Waals surface area contributed by atoms with E-state index in [1.54, 1.807) is 0 Å². The number of aromatic nitrogens is 2. The average molecular weight is 338 g/mol. The standard InChI is InChI=1S/C16H13F3N2OS/c17-16(18,19)11-7-8-15(20-10-11)23-9-3-6-14-21-12-4-1-2-5-13(12)22-14/h1-2,4-5,7-8,10H,3,6,9H2. The van der Waals surface area contributed by atoms with Gasteiger partial charge in [0.2, 0.25) is 0 Å². The van der Waals surface area contributed by atoms with Crippen molar-refractivity contribution in [2.75, 3.05) is 5.75 Å². The third-order valence-corrected chi connectivity index (χ3v) is 4.22. The molecule has 0 aliphatic carbocycles. The fourth-order valence-electron chi connectivity index (χ4n) is 2.06. The number of hydrogen-bond acceptors (Lipinski definition) is 4. The van der Waals surface area contributed by atoms with E-state index in [1.807, 2.05) is 24.3 Å². The van der Waals surface area contributed by atoms with Gasteiger partial charge in [-0.05, 0) is 36.4 Å². The van der Waals surface area contributed by atoms with Crippen LogP contribution in [0.3, 0.4) is 0 Å². The van der Waals surface area contributed by atoms with Gasteiger partial charge in [-0.1, -0.05) is 12.1 Å². The van der Waals surface area contributed by atoms with Crippen LogP contribution in [0.25, 0.3) is 11.1 Å². The van der Waals surface area contributed by atoms with Crippen molar-refractivity contribution in [3.8, 4) is 0 Å². The highest BCUT2D eigenvalue weighted by Crippen LogP contribution is 2.29. The van der Waals surface area contributed by atoms with Crippen molar-refractivity contribution < 1.29 is 17.6 Å². The van der Waals surface area contributed by atoms with Crippen LogP contribution < -0.4 is 0 Å². The Morgan fingerprint density at radius 2 is 1.91 bits per heavy atom. The number of hydrogen-bond donors (Lipinski definition) is 0. The highest BCUT2D eigenvalue weighted by Gasteiger charge is 2.30. The number of rotatable bonds is 5. The third kappa shape index (κ3) is 4.04. The zero-order valence-electron chi connectivity index (χ0n) is 12.0. The van der Waals surface area contributed by atoms with Crippen LogP contribution in [0.5, 0.6) is 0 Å². The van der Waals surface area contributed by atoms with Crippen LogP contribution in [0.1, 0.15) is 17.9 Å². The lowest BCUT2D eigenvalue weighted by atomic mass is 10.3. The minimum Gasteiger partial charge on any atom is -0.441 e. The molecule has 2 heterocycles. The quantitative estimate of drug-likeness (QED) is 0.486. The Bertz CT molecular complexity index is 751. The molecule has 0 bridgehead atoms. The molecule has 0 saturated carbocycles. The van der Waals surface area contributed by atoms with E-state index in [0.717, 1.165) is 35.5 Å².